The minimum absolute atomic E-state index is 0.136. The molecule has 0 radical (unpaired) electrons. The first-order chi connectivity index (χ1) is 10.1. The molecule has 0 spiro atoms. The minimum Gasteiger partial charge on any atom is -0.345 e. The molecule has 1 heterocycles. The normalized spacial score (nSPS) is 11.7. The van der Waals surface area contributed by atoms with Gasteiger partial charge >= 0.3 is 0 Å². The van der Waals surface area contributed by atoms with E-state index >= 15 is 0 Å². The van der Waals surface area contributed by atoms with Crippen molar-refractivity contribution in [1.29, 1.82) is 5.26 Å². The van der Waals surface area contributed by atoms with Crippen molar-refractivity contribution in [1.82, 2.24) is 15.1 Å². The number of aryl methyl sites for hydroxylation is 1. The fraction of sp³-hybridized carbons (Fsp3) is 0.312. The van der Waals surface area contributed by atoms with E-state index in [4.69, 9.17) is 5.26 Å². The van der Waals surface area contributed by atoms with E-state index in [1.807, 2.05) is 31.5 Å². The van der Waals surface area contributed by atoms with E-state index in [0.29, 0.717) is 11.1 Å². The number of amides is 1. The number of benzene rings is 1. The molecular weight excluding hydrogens is 264 g/mol. The summed E-state index contributed by atoms with van der Waals surface area (Å²) in [5.74, 6) is -0.191. The Labute approximate surface area is 124 Å². The molecule has 0 aliphatic heterocycles. The molecule has 1 aromatic carbocycles. The van der Waals surface area contributed by atoms with Gasteiger partial charge in [0.15, 0.2) is 0 Å². The number of rotatable bonds is 4. The van der Waals surface area contributed by atoms with Gasteiger partial charge in [-0.25, -0.2) is 0 Å². The number of hydrogen-bond acceptors (Lipinski definition) is 3. The molecule has 0 saturated heterocycles. The molecule has 0 fully saturated rings. The van der Waals surface area contributed by atoms with Gasteiger partial charge in [0.1, 0.15) is 0 Å². The number of hydrogen-bond donors (Lipinski definition) is 1. The lowest BCUT2D eigenvalue weighted by Crippen LogP contribution is -2.27. The molecular formula is C16H18N4O. The third-order valence-electron chi connectivity index (χ3n) is 3.51. The molecule has 1 atom stereocenters. The molecule has 2 rings (SSSR count). The summed E-state index contributed by atoms with van der Waals surface area (Å²) in [6.45, 7) is 6.75. The van der Waals surface area contributed by atoms with Crippen molar-refractivity contribution in [2.24, 2.45) is 0 Å². The zero-order valence-corrected chi connectivity index (χ0v) is 12.4. The van der Waals surface area contributed by atoms with Crippen LogP contribution in [-0.4, -0.2) is 15.7 Å². The standard InChI is InChI=1S/C16H18N4O/c1-4-20-12(3)15(10-18-20)11(2)19-16(21)14-7-5-6-13(8-14)9-17/h5-8,10-11H,4H2,1-3H3,(H,19,21). The van der Waals surface area contributed by atoms with Crippen LogP contribution in [0.1, 0.15) is 47.1 Å². The van der Waals surface area contributed by atoms with Crippen molar-refractivity contribution in [2.45, 2.75) is 33.4 Å². The van der Waals surface area contributed by atoms with E-state index in [1.165, 1.54) is 0 Å². The van der Waals surface area contributed by atoms with E-state index in [0.717, 1.165) is 17.8 Å². The predicted molar refractivity (Wildman–Crippen MR) is 79.7 cm³/mol. The maximum absolute atomic E-state index is 12.2. The maximum atomic E-state index is 12.2. The van der Waals surface area contributed by atoms with Crippen LogP contribution in [0.3, 0.4) is 0 Å². The molecule has 0 aliphatic carbocycles. The third-order valence-corrected chi connectivity index (χ3v) is 3.51. The second kappa shape index (κ2) is 6.23. The van der Waals surface area contributed by atoms with Crippen molar-refractivity contribution in [3.05, 3.63) is 52.8 Å². The number of nitrogens with zero attached hydrogens (tertiary/aromatic N) is 3. The summed E-state index contributed by atoms with van der Waals surface area (Å²) in [6, 6.07) is 8.57. The van der Waals surface area contributed by atoms with Gasteiger partial charge < -0.3 is 5.32 Å². The molecule has 108 valence electrons. The molecule has 5 nitrogen and oxygen atoms in total. The van der Waals surface area contributed by atoms with E-state index in [2.05, 4.69) is 10.4 Å². The molecule has 0 saturated carbocycles. The fourth-order valence-electron chi connectivity index (χ4n) is 2.29. The molecule has 2 aromatic rings. The summed E-state index contributed by atoms with van der Waals surface area (Å²) in [4.78, 5) is 12.2. The summed E-state index contributed by atoms with van der Waals surface area (Å²) in [7, 11) is 0. The topological polar surface area (TPSA) is 70.7 Å². The van der Waals surface area contributed by atoms with Crippen LogP contribution in [0.2, 0.25) is 0 Å². The molecule has 0 bridgehead atoms. The average molecular weight is 282 g/mol. The van der Waals surface area contributed by atoms with Crippen molar-refractivity contribution in [3.8, 4) is 6.07 Å². The molecule has 0 aliphatic rings. The Hall–Kier alpha value is -2.61. The first-order valence-corrected chi connectivity index (χ1v) is 6.90. The van der Waals surface area contributed by atoms with Gasteiger partial charge in [-0.15, -0.1) is 0 Å². The number of carbonyl (C=O) groups excluding carboxylic acids is 1. The second-order valence-electron chi connectivity index (χ2n) is 4.89. The SMILES string of the molecule is CCn1ncc(C(C)NC(=O)c2cccc(C#N)c2)c1C. The van der Waals surface area contributed by atoms with Crippen LogP contribution in [-0.2, 0) is 6.54 Å². The zero-order valence-electron chi connectivity index (χ0n) is 12.4. The van der Waals surface area contributed by atoms with Gasteiger partial charge in [0.2, 0.25) is 0 Å². The highest BCUT2D eigenvalue weighted by atomic mass is 16.1. The van der Waals surface area contributed by atoms with Crippen LogP contribution < -0.4 is 5.32 Å². The Kier molecular flexibility index (Phi) is 4.39. The lowest BCUT2D eigenvalue weighted by Gasteiger charge is -2.14. The predicted octanol–water partition coefficient (Wildman–Crippen LogP) is 2.57. The lowest BCUT2D eigenvalue weighted by molar-refractivity contribution is 0.0940. The number of carbonyl (C=O) groups is 1. The van der Waals surface area contributed by atoms with Crippen LogP contribution in [0.4, 0.5) is 0 Å². The van der Waals surface area contributed by atoms with E-state index < -0.39 is 0 Å². The molecule has 21 heavy (non-hydrogen) atoms. The number of nitrogens with one attached hydrogen (secondary N) is 1. The van der Waals surface area contributed by atoms with Crippen molar-refractivity contribution in [2.75, 3.05) is 0 Å². The highest BCUT2D eigenvalue weighted by Gasteiger charge is 2.16. The lowest BCUT2D eigenvalue weighted by atomic mass is 10.1. The monoisotopic (exact) mass is 282 g/mol. The van der Waals surface area contributed by atoms with Crippen LogP contribution in [0.15, 0.2) is 30.5 Å². The van der Waals surface area contributed by atoms with Crippen LogP contribution >= 0.6 is 0 Å². The molecule has 1 N–H and O–H groups in total. The second-order valence-corrected chi connectivity index (χ2v) is 4.89. The molecule has 1 aromatic heterocycles. The Balaban J connectivity index is 2.15. The summed E-state index contributed by atoms with van der Waals surface area (Å²) < 4.78 is 1.90. The van der Waals surface area contributed by atoms with Gasteiger partial charge in [-0.1, -0.05) is 6.07 Å². The largest absolute Gasteiger partial charge is 0.345 e. The first kappa shape index (κ1) is 14.8. The highest BCUT2D eigenvalue weighted by Crippen LogP contribution is 2.17. The quantitative estimate of drug-likeness (QED) is 0.937. The van der Waals surface area contributed by atoms with Crippen LogP contribution in [0, 0.1) is 18.3 Å². The van der Waals surface area contributed by atoms with Gasteiger partial charge in [0.25, 0.3) is 5.91 Å². The Bertz CT molecular complexity index is 697. The van der Waals surface area contributed by atoms with Gasteiger partial charge in [0.05, 0.1) is 23.9 Å². The van der Waals surface area contributed by atoms with E-state index in [9.17, 15) is 4.79 Å². The third kappa shape index (κ3) is 3.11. The van der Waals surface area contributed by atoms with Gasteiger partial charge in [-0.3, -0.25) is 9.48 Å². The first-order valence-electron chi connectivity index (χ1n) is 6.90. The van der Waals surface area contributed by atoms with Crippen molar-refractivity contribution >= 4 is 5.91 Å². The van der Waals surface area contributed by atoms with Gasteiger partial charge in [-0.05, 0) is 39.0 Å². The fourth-order valence-corrected chi connectivity index (χ4v) is 2.29. The summed E-state index contributed by atoms with van der Waals surface area (Å²) >= 11 is 0. The summed E-state index contributed by atoms with van der Waals surface area (Å²) in [5, 5.41) is 16.1. The molecule has 1 amide bonds. The van der Waals surface area contributed by atoms with Crippen LogP contribution in [0.5, 0.6) is 0 Å². The number of aromatic nitrogens is 2. The molecule has 1 unspecified atom stereocenters. The van der Waals surface area contributed by atoms with E-state index in [-0.39, 0.29) is 11.9 Å². The Morgan fingerprint density at radius 3 is 2.90 bits per heavy atom. The van der Waals surface area contributed by atoms with Crippen molar-refractivity contribution in [3.63, 3.8) is 0 Å². The smallest absolute Gasteiger partial charge is 0.251 e. The van der Waals surface area contributed by atoms with Crippen molar-refractivity contribution < 1.29 is 4.79 Å². The van der Waals surface area contributed by atoms with Crippen LogP contribution in [0.25, 0.3) is 0 Å². The highest BCUT2D eigenvalue weighted by molar-refractivity contribution is 5.94. The Morgan fingerprint density at radius 1 is 1.52 bits per heavy atom. The summed E-state index contributed by atoms with van der Waals surface area (Å²) in [5.41, 5.74) is 3.02. The number of nitriles is 1. The zero-order chi connectivity index (χ0) is 15.4. The Morgan fingerprint density at radius 2 is 2.29 bits per heavy atom. The average Bonchev–Trinajstić information content (AvgIpc) is 2.88. The molecule has 5 heteroatoms. The minimum atomic E-state index is -0.191. The van der Waals surface area contributed by atoms with E-state index in [1.54, 1.807) is 30.5 Å². The maximum Gasteiger partial charge on any atom is 0.251 e. The van der Waals surface area contributed by atoms with Gasteiger partial charge in [-0.2, -0.15) is 10.4 Å². The van der Waals surface area contributed by atoms with Gasteiger partial charge in [0, 0.05) is 23.4 Å². The summed E-state index contributed by atoms with van der Waals surface area (Å²) in [6.07, 6.45) is 1.79.